The number of hydrogen-bond donors (Lipinski definition) is 1. The maximum absolute atomic E-state index is 13.1. The Morgan fingerprint density at radius 2 is 2.00 bits per heavy atom. The van der Waals surface area contributed by atoms with Crippen LogP contribution in [0.3, 0.4) is 0 Å². The first kappa shape index (κ1) is 18.1. The second kappa shape index (κ2) is 7.06. The fourth-order valence-electron chi connectivity index (χ4n) is 3.36. The van der Waals surface area contributed by atoms with Crippen molar-refractivity contribution in [2.45, 2.75) is 17.9 Å². The SMILES string of the molecule is O=C1CN(C(=O)c2cccc(S(=O)(=O)N3CCc4sccc4C3)c2)CCN1. The van der Waals surface area contributed by atoms with Gasteiger partial charge in [0.15, 0.2) is 0 Å². The molecule has 0 aliphatic carbocycles. The van der Waals surface area contributed by atoms with E-state index in [9.17, 15) is 18.0 Å². The monoisotopic (exact) mass is 405 g/mol. The van der Waals surface area contributed by atoms with E-state index in [0.29, 0.717) is 32.6 Å². The first-order chi connectivity index (χ1) is 12.9. The van der Waals surface area contributed by atoms with Crippen LogP contribution < -0.4 is 5.32 Å². The van der Waals surface area contributed by atoms with E-state index in [1.165, 1.54) is 26.2 Å². The number of nitrogens with zero attached hydrogens (tertiary/aromatic N) is 2. The van der Waals surface area contributed by atoms with Crippen LogP contribution in [0.5, 0.6) is 0 Å². The van der Waals surface area contributed by atoms with Crippen molar-refractivity contribution in [1.29, 1.82) is 0 Å². The number of nitrogens with one attached hydrogen (secondary N) is 1. The van der Waals surface area contributed by atoms with Gasteiger partial charge in [0.05, 0.1) is 11.4 Å². The number of sulfonamides is 1. The molecule has 9 heteroatoms. The van der Waals surface area contributed by atoms with Crippen LogP contribution >= 0.6 is 11.3 Å². The minimum Gasteiger partial charge on any atom is -0.353 e. The number of carbonyl (C=O) groups excluding carboxylic acids is 2. The molecule has 1 saturated heterocycles. The van der Waals surface area contributed by atoms with E-state index in [1.807, 2.05) is 11.4 Å². The summed E-state index contributed by atoms with van der Waals surface area (Å²) in [5.41, 5.74) is 1.32. The zero-order valence-corrected chi connectivity index (χ0v) is 16.2. The van der Waals surface area contributed by atoms with Crippen molar-refractivity contribution in [3.05, 3.63) is 51.7 Å². The van der Waals surface area contributed by atoms with Gasteiger partial charge >= 0.3 is 0 Å². The molecule has 4 rings (SSSR count). The third-order valence-electron chi connectivity index (χ3n) is 4.82. The normalized spacial score (nSPS) is 18.1. The van der Waals surface area contributed by atoms with Gasteiger partial charge in [-0.1, -0.05) is 6.07 Å². The lowest BCUT2D eigenvalue weighted by molar-refractivity contribution is -0.123. The van der Waals surface area contributed by atoms with Crippen molar-refractivity contribution < 1.29 is 18.0 Å². The number of piperazine rings is 1. The molecule has 27 heavy (non-hydrogen) atoms. The molecule has 1 aromatic carbocycles. The quantitative estimate of drug-likeness (QED) is 0.828. The lowest BCUT2D eigenvalue weighted by Gasteiger charge is -2.28. The maximum atomic E-state index is 13.1. The highest BCUT2D eigenvalue weighted by Gasteiger charge is 2.30. The molecule has 7 nitrogen and oxygen atoms in total. The summed E-state index contributed by atoms with van der Waals surface area (Å²) in [4.78, 5) is 27.0. The molecule has 2 aromatic rings. The van der Waals surface area contributed by atoms with E-state index < -0.39 is 10.0 Å². The van der Waals surface area contributed by atoms with Gasteiger partial charge in [-0.05, 0) is 41.6 Å². The smallest absolute Gasteiger partial charge is 0.254 e. The molecule has 0 radical (unpaired) electrons. The molecule has 1 fully saturated rings. The summed E-state index contributed by atoms with van der Waals surface area (Å²) in [5.74, 6) is -0.543. The average Bonchev–Trinajstić information content (AvgIpc) is 3.15. The summed E-state index contributed by atoms with van der Waals surface area (Å²) >= 11 is 1.65. The van der Waals surface area contributed by atoms with Crippen molar-refractivity contribution in [3.63, 3.8) is 0 Å². The first-order valence-corrected chi connectivity index (χ1v) is 11.0. The molecular formula is C18H19N3O4S2. The Morgan fingerprint density at radius 1 is 1.15 bits per heavy atom. The van der Waals surface area contributed by atoms with Gasteiger partial charge in [0.25, 0.3) is 5.91 Å². The Kier molecular flexibility index (Phi) is 4.75. The van der Waals surface area contributed by atoms with Crippen LogP contribution in [0.15, 0.2) is 40.6 Å². The van der Waals surface area contributed by atoms with Gasteiger partial charge in [0, 0.05) is 36.6 Å². The molecule has 0 unspecified atom stereocenters. The molecule has 2 aliphatic rings. The fourth-order valence-corrected chi connectivity index (χ4v) is 5.72. The van der Waals surface area contributed by atoms with Gasteiger partial charge in [0.2, 0.25) is 15.9 Å². The second-order valence-electron chi connectivity index (χ2n) is 6.56. The molecule has 0 atom stereocenters. The lowest BCUT2D eigenvalue weighted by atomic mass is 10.1. The van der Waals surface area contributed by atoms with Crippen molar-refractivity contribution in [3.8, 4) is 0 Å². The summed E-state index contributed by atoms with van der Waals surface area (Å²) in [7, 11) is -3.69. The topological polar surface area (TPSA) is 86.8 Å². The lowest BCUT2D eigenvalue weighted by Crippen LogP contribution is -2.50. The highest BCUT2D eigenvalue weighted by atomic mass is 32.2. The summed E-state index contributed by atoms with van der Waals surface area (Å²) in [6, 6.07) is 8.04. The number of thiophene rings is 1. The Bertz CT molecular complexity index is 1000. The molecule has 2 aliphatic heterocycles. The van der Waals surface area contributed by atoms with Gasteiger partial charge in [-0.25, -0.2) is 8.42 Å². The third-order valence-corrected chi connectivity index (χ3v) is 7.68. The summed E-state index contributed by atoms with van der Waals surface area (Å²) in [6.07, 6.45) is 0.702. The molecule has 1 N–H and O–H groups in total. The van der Waals surface area contributed by atoms with Crippen molar-refractivity contribution >= 4 is 33.2 Å². The highest BCUT2D eigenvalue weighted by Crippen LogP contribution is 2.28. The van der Waals surface area contributed by atoms with Crippen molar-refractivity contribution in [1.82, 2.24) is 14.5 Å². The van der Waals surface area contributed by atoms with E-state index in [-0.39, 0.29) is 28.8 Å². The van der Waals surface area contributed by atoms with E-state index in [4.69, 9.17) is 0 Å². The van der Waals surface area contributed by atoms with E-state index in [1.54, 1.807) is 23.5 Å². The molecule has 0 saturated carbocycles. The van der Waals surface area contributed by atoms with Crippen LogP contribution in [-0.2, 0) is 27.8 Å². The highest BCUT2D eigenvalue weighted by molar-refractivity contribution is 7.89. The number of rotatable bonds is 3. The molecule has 0 bridgehead atoms. The van der Waals surface area contributed by atoms with Crippen LogP contribution in [-0.4, -0.2) is 55.6 Å². The maximum Gasteiger partial charge on any atom is 0.254 e. The number of hydrogen-bond acceptors (Lipinski definition) is 5. The van der Waals surface area contributed by atoms with Crippen molar-refractivity contribution in [2.24, 2.45) is 0 Å². The number of amides is 2. The number of fused-ring (bicyclic) bond motifs is 1. The molecule has 1 aromatic heterocycles. The number of carbonyl (C=O) groups is 2. The fraction of sp³-hybridized carbons (Fsp3) is 0.333. The Morgan fingerprint density at radius 3 is 2.81 bits per heavy atom. The largest absolute Gasteiger partial charge is 0.353 e. The van der Waals surface area contributed by atoms with E-state index >= 15 is 0 Å². The molecule has 0 spiro atoms. The molecule has 3 heterocycles. The first-order valence-electron chi connectivity index (χ1n) is 8.66. The summed E-state index contributed by atoms with van der Waals surface area (Å²) < 4.78 is 27.6. The van der Waals surface area contributed by atoms with Crippen LogP contribution in [0.25, 0.3) is 0 Å². The Hall–Kier alpha value is -2.23. The van der Waals surface area contributed by atoms with Gasteiger partial charge < -0.3 is 10.2 Å². The molecule has 142 valence electrons. The van der Waals surface area contributed by atoms with Crippen LogP contribution in [0.1, 0.15) is 20.8 Å². The van der Waals surface area contributed by atoms with Crippen LogP contribution in [0.2, 0.25) is 0 Å². The van der Waals surface area contributed by atoms with Gasteiger partial charge in [0.1, 0.15) is 0 Å². The zero-order valence-electron chi connectivity index (χ0n) is 14.6. The van der Waals surface area contributed by atoms with Crippen molar-refractivity contribution in [2.75, 3.05) is 26.2 Å². The second-order valence-corrected chi connectivity index (χ2v) is 9.50. The summed E-state index contributed by atoms with van der Waals surface area (Å²) in [5, 5.41) is 4.65. The predicted molar refractivity (Wildman–Crippen MR) is 101 cm³/mol. The van der Waals surface area contributed by atoms with Gasteiger partial charge in [-0.3, -0.25) is 9.59 Å². The Balaban J connectivity index is 1.58. The van der Waals surface area contributed by atoms with E-state index in [2.05, 4.69) is 5.32 Å². The van der Waals surface area contributed by atoms with E-state index in [0.717, 1.165) is 5.56 Å². The predicted octanol–water partition coefficient (Wildman–Crippen LogP) is 1.07. The molecular weight excluding hydrogens is 386 g/mol. The Labute approximate surface area is 161 Å². The zero-order chi connectivity index (χ0) is 19.0. The van der Waals surface area contributed by atoms with Crippen LogP contribution in [0.4, 0.5) is 0 Å². The number of benzene rings is 1. The van der Waals surface area contributed by atoms with Gasteiger partial charge in [-0.15, -0.1) is 11.3 Å². The molecule has 2 amide bonds. The minimum atomic E-state index is -3.69. The summed E-state index contributed by atoms with van der Waals surface area (Å²) in [6.45, 7) is 1.59. The van der Waals surface area contributed by atoms with Gasteiger partial charge in [-0.2, -0.15) is 4.31 Å². The minimum absolute atomic E-state index is 0.0110. The average molecular weight is 406 g/mol. The van der Waals surface area contributed by atoms with Crippen LogP contribution in [0, 0.1) is 0 Å². The standard InChI is InChI=1S/C18H19N3O4S2/c22-17-12-20(8-6-19-17)18(23)13-2-1-3-15(10-13)27(24,25)21-7-4-16-14(11-21)5-9-26-16/h1-3,5,9-10H,4,6-8,11-12H2,(H,19,22). The third kappa shape index (κ3) is 3.50.